The van der Waals surface area contributed by atoms with Crippen molar-refractivity contribution >= 4 is 11.9 Å². The second kappa shape index (κ2) is 5.35. The van der Waals surface area contributed by atoms with Crippen LogP contribution in [0.3, 0.4) is 0 Å². The molecule has 0 aromatic carbocycles. The summed E-state index contributed by atoms with van der Waals surface area (Å²) in [6, 6.07) is -0.805. The highest BCUT2D eigenvalue weighted by Gasteiger charge is 2.19. The number of imide groups is 1. The molecule has 0 aliphatic carbocycles. The number of hydrogen-bond donors (Lipinski definition) is 2. The van der Waals surface area contributed by atoms with E-state index >= 15 is 0 Å². The predicted molar refractivity (Wildman–Crippen MR) is 50.9 cm³/mol. The molecule has 0 aliphatic rings. The lowest BCUT2D eigenvalue weighted by atomic mass is 9.94. The van der Waals surface area contributed by atoms with Gasteiger partial charge in [0.05, 0.1) is 5.92 Å². The van der Waals surface area contributed by atoms with Crippen molar-refractivity contribution in [3.63, 3.8) is 0 Å². The first-order valence-electron chi connectivity index (χ1n) is 4.22. The lowest BCUT2D eigenvalue weighted by molar-refractivity contribution is -0.123. The number of allylic oxidation sites excluding steroid dienone is 1. The number of carbonyl (C=O) groups excluding carboxylic acids is 2. The maximum Gasteiger partial charge on any atom is 0.318 e. The van der Waals surface area contributed by atoms with Crippen LogP contribution in [0.15, 0.2) is 12.2 Å². The van der Waals surface area contributed by atoms with E-state index in [-0.39, 0.29) is 17.7 Å². The fraction of sp³-hybridized carbons (Fsp3) is 0.556. The normalized spacial score (nSPS) is 13.2. The molecule has 0 heterocycles. The van der Waals surface area contributed by atoms with Gasteiger partial charge < -0.3 is 5.73 Å². The molecule has 0 unspecified atom stereocenters. The monoisotopic (exact) mass is 184 g/mol. The number of amides is 3. The second-order valence-corrected chi connectivity index (χ2v) is 3.15. The molecule has 0 radical (unpaired) electrons. The van der Waals surface area contributed by atoms with Crippen LogP contribution in [-0.2, 0) is 4.79 Å². The van der Waals surface area contributed by atoms with Crippen LogP contribution >= 0.6 is 0 Å². The first-order chi connectivity index (χ1) is 5.99. The summed E-state index contributed by atoms with van der Waals surface area (Å²) in [7, 11) is 0. The molecular weight excluding hydrogens is 168 g/mol. The predicted octanol–water partition coefficient (Wildman–Crippen LogP) is 1.03. The van der Waals surface area contributed by atoms with E-state index in [0.29, 0.717) is 0 Å². The van der Waals surface area contributed by atoms with E-state index in [9.17, 15) is 9.59 Å². The third-order valence-corrected chi connectivity index (χ3v) is 1.67. The van der Waals surface area contributed by atoms with Crippen LogP contribution in [0, 0.1) is 11.8 Å². The van der Waals surface area contributed by atoms with Gasteiger partial charge in [-0.2, -0.15) is 0 Å². The quantitative estimate of drug-likeness (QED) is 0.643. The summed E-state index contributed by atoms with van der Waals surface area (Å²) >= 11 is 0. The number of urea groups is 1. The Labute approximate surface area is 78.2 Å². The minimum absolute atomic E-state index is 0.149. The summed E-state index contributed by atoms with van der Waals surface area (Å²) in [5.74, 6) is -0.492. The molecule has 74 valence electrons. The van der Waals surface area contributed by atoms with E-state index in [0.717, 1.165) is 0 Å². The summed E-state index contributed by atoms with van der Waals surface area (Å²) in [4.78, 5) is 21.7. The van der Waals surface area contributed by atoms with E-state index in [2.05, 4.69) is 5.32 Å². The molecule has 0 fully saturated rings. The number of hydrogen-bond acceptors (Lipinski definition) is 2. The molecule has 1 atom stereocenters. The van der Waals surface area contributed by atoms with Crippen molar-refractivity contribution in [1.82, 2.24) is 5.32 Å². The van der Waals surface area contributed by atoms with E-state index in [1.165, 1.54) is 0 Å². The number of carbonyl (C=O) groups is 2. The molecule has 0 saturated heterocycles. The topological polar surface area (TPSA) is 72.2 Å². The van der Waals surface area contributed by atoms with E-state index in [1.54, 1.807) is 12.2 Å². The van der Waals surface area contributed by atoms with Crippen LogP contribution < -0.4 is 11.1 Å². The Morgan fingerprint density at radius 2 is 1.92 bits per heavy atom. The minimum Gasteiger partial charge on any atom is -0.351 e. The highest BCUT2D eigenvalue weighted by atomic mass is 16.2. The SMILES string of the molecule is C/C=C\[C@H](C(=O)NC(N)=O)C(C)C. The maximum atomic E-state index is 11.3. The third kappa shape index (κ3) is 4.30. The zero-order valence-electron chi connectivity index (χ0n) is 8.20. The smallest absolute Gasteiger partial charge is 0.318 e. The Bertz CT molecular complexity index is 222. The average Bonchev–Trinajstić information content (AvgIpc) is 1.97. The molecule has 4 heteroatoms. The Hall–Kier alpha value is -1.32. The number of rotatable bonds is 3. The van der Waals surface area contributed by atoms with Crippen molar-refractivity contribution in [2.45, 2.75) is 20.8 Å². The summed E-state index contributed by atoms with van der Waals surface area (Å²) in [5, 5.41) is 2.06. The van der Waals surface area contributed by atoms with Crippen molar-refractivity contribution in [3.8, 4) is 0 Å². The Kier molecular flexibility index (Phi) is 4.80. The Balaban J connectivity index is 4.37. The molecule has 0 spiro atoms. The van der Waals surface area contributed by atoms with Gasteiger partial charge in [-0.15, -0.1) is 0 Å². The molecule has 13 heavy (non-hydrogen) atoms. The van der Waals surface area contributed by atoms with Gasteiger partial charge in [-0.1, -0.05) is 26.0 Å². The van der Waals surface area contributed by atoms with Crippen LogP contribution in [0.4, 0.5) is 4.79 Å². The van der Waals surface area contributed by atoms with Crippen molar-refractivity contribution in [1.29, 1.82) is 0 Å². The molecule has 0 aromatic rings. The molecule has 3 amide bonds. The van der Waals surface area contributed by atoms with Crippen molar-refractivity contribution in [2.75, 3.05) is 0 Å². The minimum atomic E-state index is -0.805. The second-order valence-electron chi connectivity index (χ2n) is 3.15. The van der Waals surface area contributed by atoms with Gasteiger partial charge in [-0.3, -0.25) is 10.1 Å². The zero-order chi connectivity index (χ0) is 10.4. The zero-order valence-corrected chi connectivity index (χ0v) is 8.20. The molecule has 0 rings (SSSR count). The number of nitrogens with two attached hydrogens (primary N) is 1. The summed E-state index contributed by atoms with van der Waals surface area (Å²) in [6.45, 7) is 5.64. The van der Waals surface area contributed by atoms with Gasteiger partial charge in [0.2, 0.25) is 5.91 Å². The van der Waals surface area contributed by atoms with Crippen LogP contribution in [0.5, 0.6) is 0 Å². The molecule has 3 N–H and O–H groups in total. The molecule has 4 nitrogen and oxygen atoms in total. The van der Waals surface area contributed by atoms with Crippen molar-refractivity contribution in [2.24, 2.45) is 17.6 Å². The maximum absolute atomic E-state index is 11.3. The third-order valence-electron chi connectivity index (χ3n) is 1.67. The van der Waals surface area contributed by atoms with Gasteiger partial charge in [0.25, 0.3) is 0 Å². The van der Waals surface area contributed by atoms with Gasteiger partial charge in [-0.25, -0.2) is 4.79 Å². The first-order valence-corrected chi connectivity index (χ1v) is 4.22. The molecule has 0 aliphatic heterocycles. The molecule has 0 aromatic heterocycles. The summed E-state index contributed by atoms with van der Waals surface area (Å²) < 4.78 is 0. The van der Waals surface area contributed by atoms with Crippen molar-refractivity contribution in [3.05, 3.63) is 12.2 Å². The van der Waals surface area contributed by atoms with E-state index < -0.39 is 6.03 Å². The van der Waals surface area contributed by atoms with Gasteiger partial charge in [-0.05, 0) is 12.8 Å². The fourth-order valence-corrected chi connectivity index (χ4v) is 1.02. The van der Waals surface area contributed by atoms with Crippen molar-refractivity contribution < 1.29 is 9.59 Å². The Morgan fingerprint density at radius 3 is 2.23 bits per heavy atom. The van der Waals surface area contributed by atoms with Gasteiger partial charge in [0.15, 0.2) is 0 Å². The standard InChI is InChI=1S/C9H16N2O2/c1-4-5-7(6(2)3)8(12)11-9(10)13/h4-7H,1-3H3,(H3,10,11,12,13)/b5-4-/t7-/m0/s1. The largest absolute Gasteiger partial charge is 0.351 e. The summed E-state index contributed by atoms with van der Waals surface area (Å²) in [6.07, 6.45) is 3.54. The summed E-state index contributed by atoms with van der Waals surface area (Å²) in [5.41, 5.74) is 4.83. The Morgan fingerprint density at radius 1 is 1.38 bits per heavy atom. The van der Waals surface area contributed by atoms with Gasteiger partial charge in [0.1, 0.15) is 0 Å². The molecule has 0 bridgehead atoms. The first kappa shape index (κ1) is 11.7. The highest BCUT2D eigenvalue weighted by Crippen LogP contribution is 2.12. The van der Waals surface area contributed by atoms with E-state index in [4.69, 9.17) is 5.73 Å². The van der Waals surface area contributed by atoms with Gasteiger partial charge in [0, 0.05) is 0 Å². The fourth-order valence-electron chi connectivity index (χ4n) is 1.02. The average molecular weight is 184 g/mol. The number of nitrogens with one attached hydrogen (secondary N) is 1. The van der Waals surface area contributed by atoms with Crippen LogP contribution in [0.1, 0.15) is 20.8 Å². The van der Waals surface area contributed by atoms with Crippen LogP contribution in [0.25, 0.3) is 0 Å². The lowest BCUT2D eigenvalue weighted by Crippen LogP contribution is -2.40. The van der Waals surface area contributed by atoms with Crippen LogP contribution in [0.2, 0.25) is 0 Å². The van der Waals surface area contributed by atoms with E-state index in [1.807, 2.05) is 20.8 Å². The molecular formula is C9H16N2O2. The highest BCUT2D eigenvalue weighted by molar-refractivity contribution is 5.95. The lowest BCUT2D eigenvalue weighted by Gasteiger charge is -2.14. The van der Waals surface area contributed by atoms with Gasteiger partial charge >= 0.3 is 6.03 Å². The molecule has 0 saturated carbocycles. The van der Waals surface area contributed by atoms with Crippen LogP contribution in [-0.4, -0.2) is 11.9 Å². The number of primary amides is 1.